The van der Waals surface area contributed by atoms with Gasteiger partial charge >= 0.3 is 0 Å². The minimum Gasteiger partial charge on any atom is -0.394 e. The van der Waals surface area contributed by atoms with Gasteiger partial charge in [0.1, 0.15) is 0 Å². The van der Waals surface area contributed by atoms with Crippen LogP contribution in [0.1, 0.15) is 27.2 Å². The fraction of sp³-hybridized carbons (Fsp3) is 0.769. The van der Waals surface area contributed by atoms with Crippen LogP contribution < -0.4 is 9.80 Å². The number of nitrogens with zero attached hydrogens (tertiary/aromatic N) is 5. The third-order valence-corrected chi connectivity index (χ3v) is 4.13. The largest absolute Gasteiger partial charge is 0.394 e. The molecule has 1 aliphatic rings. The fourth-order valence-electron chi connectivity index (χ4n) is 2.64. The molecule has 1 saturated heterocycles. The Kier molecular flexibility index (Phi) is 4.99. The number of halogens is 1. The van der Waals surface area contributed by atoms with Gasteiger partial charge in [-0.15, -0.1) is 0 Å². The van der Waals surface area contributed by atoms with Crippen molar-refractivity contribution >= 4 is 23.5 Å². The van der Waals surface area contributed by atoms with Crippen LogP contribution in [-0.2, 0) is 0 Å². The second kappa shape index (κ2) is 6.54. The van der Waals surface area contributed by atoms with Crippen molar-refractivity contribution in [2.45, 2.75) is 33.2 Å². The number of anilines is 2. The molecule has 2 rings (SSSR count). The van der Waals surface area contributed by atoms with E-state index in [1.54, 1.807) is 0 Å². The summed E-state index contributed by atoms with van der Waals surface area (Å²) in [5.74, 6) is 1.59. The zero-order valence-corrected chi connectivity index (χ0v) is 13.0. The van der Waals surface area contributed by atoms with Crippen molar-refractivity contribution < 1.29 is 5.11 Å². The first-order valence-corrected chi connectivity index (χ1v) is 7.52. The predicted molar refractivity (Wildman–Crippen MR) is 80.4 cm³/mol. The smallest absolute Gasteiger partial charge is 0.231 e. The summed E-state index contributed by atoms with van der Waals surface area (Å²) in [5, 5.41) is 9.75. The Morgan fingerprint density at radius 1 is 1.30 bits per heavy atom. The van der Waals surface area contributed by atoms with Gasteiger partial charge < -0.3 is 14.9 Å². The Morgan fingerprint density at radius 2 is 2.00 bits per heavy atom. The van der Waals surface area contributed by atoms with E-state index in [0.29, 0.717) is 17.8 Å². The normalized spacial score (nSPS) is 22.4. The van der Waals surface area contributed by atoms with Crippen molar-refractivity contribution in [3.8, 4) is 0 Å². The summed E-state index contributed by atoms with van der Waals surface area (Å²) in [6, 6.07) is 0.0537. The maximum atomic E-state index is 9.55. The molecule has 0 bridgehead atoms. The van der Waals surface area contributed by atoms with Gasteiger partial charge in [-0.1, -0.05) is 6.92 Å². The van der Waals surface area contributed by atoms with Crippen molar-refractivity contribution in [2.75, 3.05) is 36.0 Å². The standard InChI is InChI=1S/C13H22ClN5O/c1-4-18(5-2)12-15-11(14)16-13(17-12)19-7-6-9(3)10(19)8-20/h9-10,20H,4-8H2,1-3H3. The molecule has 2 atom stereocenters. The summed E-state index contributed by atoms with van der Waals surface area (Å²) in [7, 11) is 0. The molecule has 1 aromatic heterocycles. The van der Waals surface area contributed by atoms with Gasteiger partial charge in [-0.2, -0.15) is 15.0 Å². The molecule has 7 heteroatoms. The fourth-order valence-corrected chi connectivity index (χ4v) is 2.79. The molecular weight excluding hydrogens is 278 g/mol. The molecule has 1 N–H and O–H groups in total. The van der Waals surface area contributed by atoms with Crippen LogP contribution in [0.3, 0.4) is 0 Å². The Labute approximate surface area is 124 Å². The third kappa shape index (κ3) is 2.96. The zero-order chi connectivity index (χ0) is 14.7. The zero-order valence-electron chi connectivity index (χ0n) is 12.3. The Morgan fingerprint density at radius 3 is 2.60 bits per heavy atom. The minimum absolute atomic E-state index is 0.0537. The van der Waals surface area contributed by atoms with Crippen LogP contribution in [0.15, 0.2) is 0 Å². The van der Waals surface area contributed by atoms with E-state index in [9.17, 15) is 5.11 Å². The van der Waals surface area contributed by atoms with E-state index < -0.39 is 0 Å². The highest BCUT2D eigenvalue weighted by atomic mass is 35.5. The molecule has 1 fully saturated rings. The van der Waals surface area contributed by atoms with E-state index in [-0.39, 0.29) is 17.9 Å². The molecule has 1 aliphatic heterocycles. The average Bonchev–Trinajstić information content (AvgIpc) is 2.80. The van der Waals surface area contributed by atoms with Crippen molar-refractivity contribution in [2.24, 2.45) is 5.92 Å². The molecule has 112 valence electrons. The first-order valence-electron chi connectivity index (χ1n) is 7.14. The minimum atomic E-state index is 0.0537. The summed E-state index contributed by atoms with van der Waals surface area (Å²) in [6.07, 6.45) is 1.02. The second-order valence-electron chi connectivity index (χ2n) is 5.09. The van der Waals surface area contributed by atoms with E-state index in [2.05, 4.69) is 35.7 Å². The number of aliphatic hydroxyl groups excluding tert-OH is 1. The molecule has 0 spiro atoms. The van der Waals surface area contributed by atoms with Gasteiger partial charge in [0.15, 0.2) is 0 Å². The van der Waals surface area contributed by atoms with Crippen LogP contribution in [0, 0.1) is 5.92 Å². The average molecular weight is 300 g/mol. The lowest BCUT2D eigenvalue weighted by molar-refractivity contribution is 0.244. The quantitative estimate of drug-likeness (QED) is 0.890. The number of hydrogen-bond donors (Lipinski definition) is 1. The molecular formula is C13H22ClN5O. The maximum Gasteiger partial charge on any atom is 0.231 e. The molecule has 2 heterocycles. The lowest BCUT2D eigenvalue weighted by Crippen LogP contribution is -2.37. The molecule has 0 radical (unpaired) electrons. The maximum absolute atomic E-state index is 9.55. The van der Waals surface area contributed by atoms with E-state index >= 15 is 0 Å². The van der Waals surface area contributed by atoms with Crippen LogP contribution >= 0.6 is 11.6 Å². The van der Waals surface area contributed by atoms with Gasteiger partial charge in [-0.05, 0) is 37.8 Å². The Balaban J connectivity index is 2.32. The molecule has 2 unspecified atom stereocenters. The number of aliphatic hydroxyl groups is 1. The van der Waals surface area contributed by atoms with Crippen LogP contribution in [0.25, 0.3) is 0 Å². The molecule has 0 amide bonds. The van der Waals surface area contributed by atoms with Gasteiger partial charge in [-0.3, -0.25) is 0 Å². The highest BCUT2D eigenvalue weighted by molar-refractivity contribution is 6.28. The van der Waals surface area contributed by atoms with Crippen molar-refractivity contribution in [3.05, 3.63) is 5.28 Å². The summed E-state index contributed by atoms with van der Waals surface area (Å²) in [6.45, 7) is 8.81. The molecule has 1 aromatic rings. The number of hydrogen-bond acceptors (Lipinski definition) is 6. The van der Waals surface area contributed by atoms with E-state index in [0.717, 1.165) is 26.1 Å². The summed E-state index contributed by atoms with van der Waals surface area (Å²) in [5.41, 5.74) is 0. The number of rotatable bonds is 5. The van der Waals surface area contributed by atoms with Crippen LogP contribution in [0.4, 0.5) is 11.9 Å². The molecule has 20 heavy (non-hydrogen) atoms. The van der Waals surface area contributed by atoms with Crippen molar-refractivity contribution in [3.63, 3.8) is 0 Å². The van der Waals surface area contributed by atoms with Crippen LogP contribution in [0.2, 0.25) is 5.28 Å². The monoisotopic (exact) mass is 299 g/mol. The topological polar surface area (TPSA) is 65.4 Å². The molecule has 6 nitrogen and oxygen atoms in total. The van der Waals surface area contributed by atoms with Gasteiger partial charge in [0.05, 0.1) is 12.6 Å². The van der Waals surface area contributed by atoms with E-state index in [1.807, 2.05) is 9.80 Å². The first-order chi connectivity index (χ1) is 9.60. The SMILES string of the molecule is CCN(CC)c1nc(Cl)nc(N2CCC(C)C2CO)n1. The predicted octanol–water partition coefficient (Wildman–Crippen LogP) is 1.58. The van der Waals surface area contributed by atoms with Gasteiger partial charge in [0, 0.05) is 19.6 Å². The van der Waals surface area contributed by atoms with Gasteiger partial charge in [0.2, 0.25) is 17.2 Å². The van der Waals surface area contributed by atoms with Crippen LogP contribution in [0.5, 0.6) is 0 Å². The second-order valence-corrected chi connectivity index (χ2v) is 5.42. The summed E-state index contributed by atoms with van der Waals surface area (Å²) in [4.78, 5) is 17.0. The summed E-state index contributed by atoms with van der Waals surface area (Å²) < 4.78 is 0. The van der Waals surface area contributed by atoms with Crippen molar-refractivity contribution in [1.82, 2.24) is 15.0 Å². The lowest BCUT2D eigenvalue weighted by atomic mass is 10.0. The van der Waals surface area contributed by atoms with E-state index in [1.165, 1.54) is 0 Å². The van der Waals surface area contributed by atoms with Crippen LogP contribution in [-0.4, -0.2) is 52.3 Å². The van der Waals surface area contributed by atoms with E-state index in [4.69, 9.17) is 11.6 Å². The first kappa shape index (κ1) is 15.3. The lowest BCUT2D eigenvalue weighted by Gasteiger charge is -2.26. The Bertz CT molecular complexity index is 454. The Hall–Kier alpha value is -1.14. The summed E-state index contributed by atoms with van der Waals surface area (Å²) >= 11 is 6.04. The third-order valence-electron chi connectivity index (χ3n) is 3.96. The number of aromatic nitrogens is 3. The van der Waals surface area contributed by atoms with Gasteiger partial charge in [0.25, 0.3) is 0 Å². The highest BCUT2D eigenvalue weighted by Gasteiger charge is 2.32. The molecule has 0 aromatic carbocycles. The highest BCUT2D eigenvalue weighted by Crippen LogP contribution is 2.28. The van der Waals surface area contributed by atoms with Gasteiger partial charge in [-0.25, -0.2) is 0 Å². The molecule has 0 aliphatic carbocycles. The molecule has 0 saturated carbocycles. The van der Waals surface area contributed by atoms with Crippen molar-refractivity contribution in [1.29, 1.82) is 0 Å².